The van der Waals surface area contributed by atoms with Crippen LogP contribution in [-0.2, 0) is 10.1 Å². The molecule has 0 radical (unpaired) electrons. The van der Waals surface area contributed by atoms with Crippen LogP contribution in [0.25, 0.3) is 9.88 Å². The van der Waals surface area contributed by atoms with E-state index >= 15 is 0 Å². The molecule has 0 aliphatic rings. The number of rotatable bonds is 2. The van der Waals surface area contributed by atoms with Crippen molar-refractivity contribution >= 4 is 32.8 Å². The first-order valence-corrected chi connectivity index (χ1v) is 6.68. The van der Waals surface area contributed by atoms with Crippen LogP contribution in [0.2, 0.25) is 0 Å². The summed E-state index contributed by atoms with van der Waals surface area (Å²) in [5.74, 6) is 0. The number of hydrogen-bond donors (Lipinski definition) is 1. The van der Waals surface area contributed by atoms with Gasteiger partial charge in [-0.2, -0.15) is 8.42 Å². The highest BCUT2D eigenvalue weighted by atomic mass is 32.3. The molecule has 2 heterocycles. The van der Waals surface area contributed by atoms with E-state index in [1.807, 2.05) is 5.38 Å². The van der Waals surface area contributed by atoms with Gasteiger partial charge in [-0.1, -0.05) is 0 Å². The van der Waals surface area contributed by atoms with Gasteiger partial charge in [0, 0.05) is 11.6 Å². The third-order valence-electron chi connectivity index (χ3n) is 1.48. The predicted molar refractivity (Wildman–Crippen MR) is 55.2 cm³/mol. The van der Waals surface area contributed by atoms with Crippen molar-refractivity contribution in [1.82, 2.24) is 4.98 Å². The molecule has 0 unspecified atom stereocenters. The molecule has 0 bridgehead atoms. The molecule has 0 fully saturated rings. The Hall–Kier alpha value is -0.760. The molecule has 0 saturated heterocycles. The molecule has 2 aromatic rings. The fourth-order valence-electron chi connectivity index (χ4n) is 0.919. The first-order chi connectivity index (χ1) is 6.57. The predicted octanol–water partition coefficient (Wildman–Crippen LogP) is 2.12. The van der Waals surface area contributed by atoms with Crippen molar-refractivity contribution in [3.63, 3.8) is 0 Å². The summed E-state index contributed by atoms with van der Waals surface area (Å²) in [5, 5.41) is 2.56. The molecule has 1 N–H and O–H groups in total. The highest BCUT2D eigenvalue weighted by Crippen LogP contribution is 2.31. The van der Waals surface area contributed by atoms with Crippen LogP contribution in [-0.4, -0.2) is 18.0 Å². The maximum Gasteiger partial charge on any atom is 0.304 e. The maximum absolute atomic E-state index is 10.8. The van der Waals surface area contributed by atoms with Crippen molar-refractivity contribution < 1.29 is 13.0 Å². The molecule has 74 valence electrons. The van der Waals surface area contributed by atoms with Gasteiger partial charge < -0.3 is 0 Å². The fourth-order valence-corrected chi connectivity index (χ4v) is 3.30. The van der Waals surface area contributed by atoms with E-state index in [4.69, 9.17) is 4.55 Å². The van der Waals surface area contributed by atoms with Crippen LogP contribution in [0.5, 0.6) is 0 Å². The molecule has 0 atom stereocenters. The van der Waals surface area contributed by atoms with E-state index < -0.39 is 10.1 Å². The van der Waals surface area contributed by atoms with Crippen LogP contribution in [0.4, 0.5) is 0 Å². The van der Waals surface area contributed by atoms with Gasteiger partial charge in [-0.25, -0.2) is 4.98 Å². The SMILES string of the molecule is O=S(=O)(O)c1ccc(-c2nccs2)s1. The van der Waals surface area contributed by atoms with Gasteiger partial charge in [0.15, 0.2) is 0 Å². The summed E-state index contributed by atoms with van der Waals surface area (Å²) in [7, 11) is -4.08. The summed E-state index contributed by atoms with van der Waals surface area (Å²) in [6, 6.07) is 3.00. The molecule has 7 heteroatoms. The number of thiazole rings is 1. The Bertz CT molecular complexity index is 526. The van der Waals surface area contributed by atoms with Crippen LogP contribution in [0.15, 0.2) is 27.9 Å². The number of nitrogens with zero attached hydrogens (tertiary/aromatic N) is 1. The Morgan fingerprint density at radius 2 is 2.14 bits per heavy atom. The van der Waals surface area contributed by atoms with E-state index in [1.54, 1.807) is 12.3 Å². The number of thiophene rings is 1. The standard InChI is InChI=1S/C7H5NO3S3/c9-14(10,11)6-2-1-5(13-6)7-8-3-4-12-7/h1-4H,(H,9,10,11). The van der Waals surface area contributed by atoms with Gasteiger partial charge in [-0.05, 0) is 12.1 Å². The summed E-state index contributed by atoms with van der Waals surface area (Å²) in [6.07, 6.45) is 1.65. The minimum absolute atomic E-state index is 0.0531. The van der Waals surface area contributed by atoms with E-state index in [-0.39, 0.29) is 4.21 Å². The van der Waals surface area contributed by atoms with Gasteiger partial charge >= 0.3 is 10.1 Å². The van der Waals surface area contributed by atoms with Crippen LogP contribution < -0.4 is 0 Å². The van der Waals surface area contributed by atoms with Crippen LogP contribution in [0, 0.1) is 0 Å². The Morgan fingerprint density at radius 3 is 2.64 bits per heavy atom. The lowest BCUT2D eigenvalue weighted by molar-refractivity contribution is 0.485. The van der Waals surface area contributed by atoms with Gasteiger partial charge in [-0.3, -0.25) is 4.55 Å². The van der Waals surface area contributed by atoms with Crippen molar-refractivity contribution in [2.24, 2.45) is 0 Å². The van der Waals surface area contributed by atoms with Gasteiger partial charge in [0.05, 0.1) is 4.88 Å². The summed E-state index contributed by atoms with van der Waals surface area (Å²) < 4.78 is 30.2. The molecule has 4 nitrogen and oxygen atoms in total. The summed E-state index contributed by atoms with van der Waals surface area (Å²) >= 11 is 2.43. The molecule has 0 aliphatic carbocycles. The summed E-state index contributed by atoms with van der Waals surface area (Å²) in [6.45, 7) is 0. The highest BCUT2D eigenvalue weighted by molar-refractivity contribution is 7.88. The van der Waals surface area contributed by atoms with E-state index in [0.29, 0.717) is 0 Å². The zero-order valence-corrected chi connectivity index (χ0v) is 9.19. The lowest BCUT2D eigenvalue weighted by Crippen LogP contribution is -1.92. The number of hydrogen-bond acceptors (Lipinski definition) is 5. The Kier molecular flexibility index (Phi) is 2.40. The Labute approximate surface area is 88.6 Å². The van der Waals surface area contributed by atoms with Gasteiger partial charge in [-0.15, -0.1) is 22.7 Å². The van der Waals surface area contributed by atoms with E-state index in [9.17, 15) is 8.42 Å². The summed E-state index contributed by atoms with van der Waals surface area (Å²) in [5.41, 5.74) is 0. The van der Waals surface area contributed by atoms with Crippen LogP contribution >= 0.6 is 22.7 Å². The molecular weight excluding hydrogens is 242 g/mol. The van der Waals surface area contributed by atoms with Crippen molar-refractivity contribution in [1.29, 1.82) is 0 Å². The second kappa shape index (κ2) is 3.43. The second-order valence-electron chi connectivity index (χ2n) is 2.43. The lowest BCUT2D eigenvalue weighted by Gasteiger charge is -1.88. The molecule has 0 aromatic carbocycles. The zero-order valence-electron chi connectivity index (χ0n) is 6.75. The quantitative estimate of drug-likeness (QED) is 0.825. The first kappa shape index (κ1) is 9.78. The van der Waals surface area contributed by atoms with Gasteiger partial charge in [0.1, 0.15) is 9.22 Å². The van der Waals surface area contributed by atoms with Gasteiger partial charge in [0.2, 0.25) is 0 Å². The van der Waals surface area contributed by atoms with Crippen molar-refractivity contribution in [2.75, 3.05) is 0 Å². The monoisotopic (exact) mass is 247 g/mol. The zero-order chi connectivity index (χ0) is 10.2. The molecule has 2 rings (SSSR count). The maximum atomic E-state index is 10.8. The lowest BCUT2D eigenvalue weighted by atomic mass is 10.5. The molecule has 0 amide bonds. The first-order valence-electron chi connectivity index (χ1n) is 3.54. The van der Waals surface area contributed by atoms with Gasteiger partial charge in [0.25, 0.3) is 0 Å². The topological polar surface area (TPSA) is 67.3 Å². The third-order valence-corrected chi connectivity index (χ3v) is 4.83. The van der Waals surface area contributed by atoms with E-state index in [2.05, 4.69) is 4.98 Å². The molecule has 0 aliphatic heterocycles. The summed E-state index contributed by atoms with van der Waals surface area (Å²) in [4.78, 5) is 4.78. The van der Waals surface area contributed by atoms with Crippen molar-refractivity contribution in [3.8, 4) is 9.88 Å². The Morgan fingerprint density at radius 1 is 1.36 bits per heavy atom. The van der Waals surface area contributed by atoms with E-state index in [1.165, 1.54) is 17.4 Å². The molecule has 0 spiro atoms. The second-order valence-corrected chi connectivity index (χ2v) is 6.06. The molecular formula is C7H5NO3S3. The molecule has 0 saturated carbocycles. The average molecular weight is 247 g/mol. The normalized spacial score (nSPS) is 11.8. The largest absolute Gasteiger partial charge is 0.304 e. The van der Waals surface area contributed by atoms with Crippen LogP contribution in [0.3, 0.4) is 0 Å². The minimum Gasteiger partial charge on any atom is -0.281 e. The highest BCUT2D eigenvalue weighted by Gasteiger charge is 2.14. The average Bonchev–Trinajstić information content (AvgIpc) is 2.73. The van der Waals surface area contributed by atoms with Crippen LogP contribution in [0.1, 0.15) is 0 Å². The third kappa shape index (κ3) is 1.85. The molecule has 2 aromatic heterocycles. The fraction of sp³-hybridized carbons (Fsp3) is 0. The minimum atomic E-state index is -4.08. The smallest absolute Gasteiger partial charge is 0.281 e. The van der Waals surface area contributed by atoms with E-state index in [0.717, 1.165) is 21.2 Å². The molecule has 14 heavy (non-hydrogen) atoms. The van der Waals surface area contributed by atoms with Crippen molar-refractivity contribution in [2.45, 2.75) is 4.21 Å². The van der Waals surface area contributed by atoms with Crippen molar-refractivity contribution in [3.05, 3.63) is 23.7 Å². The Balaban J connectivity index is 2.46. The number of aromatic nitrogens is 1.